The molecule has 0 aliphatic rings. The summed E-state index contributed by atoms with van der Waals surface area (Å²) in [5.41, 5.74) is 0. The van der Waals surface area contributed by atoms with Crippen LogP contribution in [0.1, 0.15) is 97.8 Å². The molecule has 0 saturated carbocycles. The van der Waals surface area contributed by atoms with E-state index in [9.17, 15) is 9.59 Å². The molecule has 0 rings (SSSR count). The van der Waals surface area contributed by atoms with Crippen LogP contribution in [-0.4, -0.2) is 24.6 Å². The smallest absolute Gasteiger partial charge is 0.347 e. The zero-order valence-electron chi connectivity index (χ0n) is 15.4. The molecule has 0 heterocycles. The van der Waals surface area contributed by atoms with Crippen molar-refractivity contribution in [2.24, 2.45) is 0 Å². The summed E-state index contributed by atoms with van der Waals surface area (Å²) in [5, 5.41) is 0. The highest BCUT2D eigenvalue weighted by Gasteiger charge is 2.16. The van der Waals surface area contributed by atoms with Crippen LogP contribution in [0.2, 0.25) is 0 Å². The molecule has 0 bridgehead atoms. The molecule has 23 heavy (non-hydrogen) atoms. The zero-order chi connectivity index (χ0) is 17.3. The van der Waals surface area contributed by atoms with E-state index in [0.29, 0.717) is 6.61 Å². The van der Waals surface area contributed by atoms with Crippen molar-refractivity contribution in [2.75, 3.05) is 6.61 Å². The first-order valence-corrected chi connectivity index (χ1v) is 9.41. The molecule has 0 saturated heterocycles. The Bertz CT molecular complexity index is 302. The van der Waals surface area contributed by atoms with E-state index in [1.807, 2.05) is 0 Å². The molecule has 4 nitrogen and oxygen atoms in total. The minimum absolute atomic E-state index is 0.419. The fourth-order valence-electron chi connectivity index (χ4n) is 2.53. The van der Waals surface area contributed by atoms with E-state index >= 15 is 0 Å². The third-order valence-corrected chi connectivity index (χ3v) is 3.92. The second kappa shape index (κ2) is 15.8. The molecule has 0 N–H and O–H groups in total. The van der Waals surface area contributed by atoms with Gasteiger partial charge in [-0.1, -0.05) is 77.6 Å². The number of rotatable bonds is 15. The third-order valence-electron chi connectivity index (χ3n) is 3.92. The standard InChI is InChI=1S/C19H36O4/c1-4-5-6-7-8-9-10-11-12-13-14-15-16-22-19(21)17(2)23-18(3)20/h17H,4-16H2,1-3H3. The highest BCUT2D eigenvalue weighted by molar-refractivity contribution is 5.78. The fourth-order valence-corrected chi connectivity index (χ4v) is 2.53. The van der Waals surface area contributed by atoms with Gasteiger partial charge in [0, 0.05) is 6.92 Å². The first-order valence-electron chi connectivity index (χ1n) is 9.41. The highest BCUT2D eigenvalue weighted by Crippen LogP contribution is 2.12. The predicted molar refractivity (Wildman–Crippen MR) is 93.3 cm³/mol. The Kier molecular flexibility index (Phi) is 15.1. The van der Waals surface area contributed by atoms with Gasteiger partial charge in [0.05, 0.1) is 6.61 Å². The summed E-state index contributed by atoms with van der Waals surface area (Å²) in [6.45, 7) is 5.49. The summed E-state index contributed by atoms with van der Waals surface area (Å²) in [6, 6.07) is 0. The first-order chi connectivity index (χ1) is 11.1. The van der Waals surface area contributed by atoms with Crippen molar-refractivity contribution < 1.29 is 19.1 Å². The van der Waals surface area contributed by atoms with Crippen LogP contribution in [0.4, 0.5) is 0 Å². The van der Waals surface area contributed by atoms with Crippen LogP contribution < -0.4 is 0 Å². The maximum atomic E-state index is 11.5. The molecule has 0 aliphatic heterocycles. The Labute approximate surface area is 142 Å². The lowest BCUT2D eigenvalue weighted by atomic mass is 10.1. The largest absolute Gasteiger partial charge is 0.463 e. The van der Waals surface area contributed by atoms with E-state index in [4.69, 9.17) is 9.47 Å². The van der Waals surface area contributed by atoms with E-state index in [2.05, 4.69) is 6.92 Å². The molecular formula is C19H36O4. The van der Waals surface area contributed by atoms with E-state index in [1.165, 1.54) is 78.1 Å². The third kappa shape index (κ3) is 15.6. The molecule has 4 heteroatoms. The van der Waals surface area contributed by atoms with Gasteiger partial charge in [0.1, 0.15) is 0 Å². The topological polar surface area (TPSA) is 52.6 Å². The molecule has 136 valence electrons. The predicted octanol–water partition coefficient (Wildman–Crippen LogP) is 5.18. The van der Waals surface area contributed by atoms with E-state index in [1.54, 1.807) is 0 Å². The van der Waals surface area contributed by atoms with Crippen LogP contribution >= 0.6 is 0 Å². The molecule has 0 radical (unpaired) electrons. The molecule has 0 aromatic rings. The van der Waals surface area contributed by atoms with Crippen LogP contribution in [0.15, 0.2) is 0 Å². The van der Waals surface area contributed by atoms with Crippen molar-refractivity contribution in [2.45, 2.75) is 104 Å². The molecule has 0 spiro atoms. The number of hydrogen-bond acceptors (Lipinski definition) is 4. The van der Waals surface area contributed by atoms with Gasteiger partial charge in [-0.05, 0) is 13.3 Å². The molecule has 0 fully saturated rings. The van der Waals surface area contributed by atoms with Crippen LogP contribution in [-0.2, 0) is 19.1 Å². The van der Waals surface area contributed by atoms with Gasteiger partial charge in [-0.25, -0.2) is 4.79 Å². The van der Waals surface area contributed by atoms with E-state index in [0.717, 1.165) is 12.8 Å². The Hall–Kier alpha value is -1.06. The monoisotopic (exact) mass is 328 g/mol. The Morgan fingerprint density at radius 2 is 1.22 bits per heavy atom. The number of unbranched alkanes of at least 4 members (excludes halogenated alkanes) is 11. The molecule has 0 aliphatic carbocycles. The van der Waals surface area contributed by atoms with Crippen molar-refractivity contribution in [3.63, 3.8) is 0 Å². The van der Waals surface area contributed by atoms with E-state index < -0.39 is 18.0 Å². The summed E-state index contributed by atoms with van der Waals surface area (Å²) in [6.07, 6.45) is 14.5. The quantitative estimate of drug-likeness (QED) is 0.307. The lowest BCUT2D eigenvalue weighted by molar-refractivity contribution is -0.165. The van der Waals surface area contributed by atoms with Gasteiger partial charge in [0.15, 0.2) is 6.10 Å². The summed E-state index contributed by atoms with van der Waals surface area (Å²) < 4.78 is 9.84. The molecule has 0 aromatic carbocycles. The highest BCUT2D eigenvalue weighted by atomic mass is 16.6. The molecule has 1 unspecified atom stereocenters. The summed E-state index contributed by atoms with van der Waals surface area (Å²) in [4.78, 5) is 22.2. The lowest BCUT2D eigenvalue weighted by Crippen LogP contribution is -2.25. The normalized spacial score (nSPS) is 12.0. The van der Waals surface area contributed by atoms with Crippen LogP contribution in [0, 0.1) is 0 Å². The zero-order valence-corrected chi connectivity index (χ0v) is 15.4. The maximum absolute atomic E-state index is 11.5. The lowest BCUT2D eigenvalue weighted by Gasteiger charge is -2.11. The number of carbonyl (C=O) groups excluding carboxylic acids is 2. The number of carbonyl (C=O) groups is 2. The fraction of sp³-hybridized carbons (Fsp3) is 0.895. The Morgan fingerprint density at radius 1 is 0.783 bits per heavy atom. The van der Waals surface area contributed by atoms with Crippen molar-refractivity contribution in [3.8, 4) is 0 Å². The minimum Gasteiger partial charge on any atom is -0.463 e. The van der Waals surface area contributed by atoms with Crippen LogP contribution in [0.3, 0.4) is 0 Å². The SMILES string of the molecule is CCCCCCCCCCCCCCOC(=O)C(C)OC(C)=O. The number of hydrogen-bond donors (Lipinski definition) is 0. The Morgan fingerprint density at radius 3 is 1.65 bits per heavy atom. The first kappa shape index (κ1) is 21.9. The Balaban J connectivity index is 3.24. The van der Waals surface area contributed by atoms with Crippen molar-refractivity contribution in [1.29, 1.82) is 0 Å². The van der Waals surface area contributed by atoms with Crippen molar-refractivity contribution in [3.05, 3.63) is 0 Å². The number of esters is 2. The van der Waals surface area contributed by atoms with Crippen LogP contribution in [0.5, 0.6) is 0 Å². The second-order valence-corrected chi connectivity index (χ2v) is 6.31. The summed E-state index contributed by atoms with van der Waals surface area (Å²) in [7, 11) is 0. The van der Waals surface area contributed by atoms with Gasteiger partial charge >= 0.3 is 11.9 Å². The summed E-state index contributed by atoms with van der Waals surface area (Å²) in [5.74, 6) is -0.914. The van der Waals surface area contributed by atoms with Gasteiger partial charge in [-0.15, -0.1) is 0 Å². The van der Waals surface area contributed by atoms with Gasteiger partial charge in [-0.2, -0.15) is 0 Å². The molecule has 0 amide bonds. The minimum atomic E-state index is -0.801. The average molecular weight is 328 g/mol. The summed E-state index contributed by atoms with van der Waals surface area (Å²) >= 11 is 0. The van der Waals surface area contributed by atoms with Gasteiger partial charge in [0.25, 0.3) is 0 Å². The molecule has 1 atom stereocenters. The second-order valence-electron chi connectivity index (χ2n) is 6.31. The molecule has 0 aromatic heterocycles. The molecular weight excluding hydrogens is 292 g/mol. The van der Waals surface area contributed by atoms with Crippen molar-refractivity contribution >= 4 is 11.9 Å². The van der Waals surface area contributed by atoms with Crippen molar-refractivity contribution in [1.82, 2.24) is 0 Å². The van der Waals surface area contributed by atoms with E-state index in [-0.39, 0.29) is 0 Å². The average Bonchev–Trinajstić information content (AvgIpc) is 2.51. The van der Waals surface area contributed by atoms with Crippen LogP contribution in [0.25, 0.3) is 0 Å². The maximum Gasteiger partial charge on any atom is 0.347 e. The van der Waals surface area contributed by atoms with Gasteiger partial charge < -0.3 is 9.47 Å². The van der Waals surface area contributed by atoms with Gasteiger partial charge in [-0.3, -0.25) is 4.79 Å². The van der Waals surface area contributed by atoms with Gasteiger partial charge in [0.2, 0.25) is 0 Å². The number of ether oxygens (including phenoxy) is 2.